The minimum Gasteiger partial charge on any atom is -0.444 e. The van der Waals surface area contributed by atoms with E-state index in [4.69, 9.17) is 14.2 Å². The van der Waals surface area contributed by atoms with Crippen LogP contribution in [-0.2, 0) is 14.2 Å². The van der Waals surface area contributed by atoms with Crippen LogP contribution in [0.15, 0.2) is 18.3 Å². The highest BCUT2D eigenvalue weighted by Gasteiger charge is 2.41. The van der Waals surface area contributed by atoms with Crippen LogP contribution in [0.4, 0.5) is 18.0 Å². The molecule has 1 fully saturated rings. The van der Waals surface area contributed by atoms with E-state index in [1.807, 2.05) is 0 Å². The highest BCUT2D eigenvalue weighted by atomic mass is 19.4. The van der Waals surface area contributed by atoms with E-state index in [2.05, 4.69) is 10.3 Å². The summed E-state index contributed by atoms with van der Waals surface area (Å²) in [6.07, 6.45) is -6.17. The zero-order valence-electron chi connectivity index (χ0n) is 16.5. The summed E-state index contributed by atoms with van der Waals surface area (Å²) >= 11 is 0. The van der Waals surface area contributed by atoms with Crippen LogP contribution < -0.4 is 5.32 Å². The number of ether oxygens (including phenoxy) is 3. The normalized spacial score (nSPS) is 16.5. The Morgan fingerprint density at radius 3 is 2.52 bits per heavy atom. The summed E-state index contributed by atoms with van der Waals surface area (Å²) in [5.74, 6) is -2.70. The van der Waals surface area contributed by atoms with Crippen molar-refractivity contribution in [3.8, 4) is 0 Å². The number of nitrogens with one attached hydrogen (secondary N) is 1. The maximum Gasteiger partial charge on any atom is 0.407 e. The van der Waals surface area contributed by atoms with Crippen molar-refractivity contribution >= 4 is 11.9 Å². The van der Waals surface area contributed by atoms with E-state index in [0.717, 1.165) is 0 Å². The first-order valence-electron chi connectivity index (χ1n) is 9.22. The molecule has 1 N–H and O–H groups in total. The van der Waals surface area contributed by atoms with Gasteiger partial charge in [0.2, 0.25) is 0 Å². The maximum atomic E-state index is 13.4. The van der Waals surface area contributed by atoms with E-state index in [0.29, 0.717) is 18.8 Å². The third kappa shape index (κ3) is 7.28. The fraction of sp³-hybridized carbons (Fsp3) is 0.632. The lowest BCUT2D eigenvalue weighted by Crippen LogP contribution is -2.35. The first kappa shape index (κ1) is 23.1. The second-order valence-corrected chi connectivity index (χ2v) is 7.60. The average Bonchev–Trinajstić information content (AvgIpc) is 3.12. The molecule has 1 aromatic rings. The number of rotatable bonds is 7. The van der Waals surface area contributed by atoms with Gasteiger partial charge < -0.3 is 19.5 Å². The molecule has 29 heavy (non-hydrogen) atoms. The Kier molecular flexibility index (Phi) is 7.59. The molecule has 7 nitrogen and oxygen atoms in total. The number of nitrogens with zero attached hydrogens (tertiary/aromatic N) is 1. The summed E-state index contributed by atoms with van der Waals surface area (Å²) in [6, 6.07) is 3.10. The van der Waals surface area contributed by atoms with Crippen LogP contribution >= 0.6 is 0 Å². The molecular formula is C19H25F3N2O5. The van der Waals surface area contributed by atoms with Crippen LogP contribution in [0.25, 0.3) is 0 Å². The first-order chi connectivity index (χ1) is 13.5. The lowest BCUT2D eigenvalue weighted by atomic mass is 9.95. The van der Waals surface area contributed by atoms with Crippen LogP contribution in [-0.4, -0.2) is 48.4 Å². The smallest absolute Gasteiger partial charge is 0.407 e. The molecule has 0 bridgehead atoms. The van der Waals surface area contributed by atoms with Gasteiger partial charge in [-0.05, 0) is 33.3 Å². The number of amides is 1. The summed E-state index contributed by atoms with van der Waals surface area (Å²) in [5, 5.41) is 2.28. The van der Waals surface area contributed by atoms with Crippen LogP contribution in [0, 0.1) is 5.92 Å². The Hall–Kier alpha value is -2.20. The molecule has 0 aliphatic carbocycles. The van der Waals surface area contributed by atoms with Crippen molar-refractivity contribution in [2.75, 3.05) is 19.8 Å². The molecule has 0 aromatic carbocycles. The molecule has 10 heteroatoms. The van der Waals surface area contributed by atoms with Gasteiger partial charge in [-0.15, -0.1) is 0 Å². The zero-order chi connectivity index (χ0) is 21.7. The summed E-state index contributed by atoms with van der Waals surface area (Å²) in [6.45, 7) is 5.31. The van der Waals surface area contributed by atoms with E-state index in [1.165, 1.54) is 6.20 Å². The fourth-order valence-corrected chi connectivity index (χ4v) is 2.74. The molecule has 1 saturated heterocycles. The van der Waals surface area contributed by atoms with Gasteiger partial charge in [-0.2, -0.15) is 13.2 Å². The van der Waals surface area contributed by atoms with Crippen molar-refractivity contribution in [1.82, 2.24) is 10.3 Å². The second-order valence-electron chi connectivity index (χ2n) is 7.60. The number of ketones is 1. The minimum absolute atomic E-state index is 0.103. The van der Waals surface area contributed by atoms with E-state index >= 15 is 0 Å². The molecule has 1 atom stereocenters. The number of alkyl carbamates (subject to hydrolysis) is 1. The first-order valence-corrected chi connectivity index (χ1v) is 9.22. The lowest BCUT2D eigenvalue weighted by molar-refractivity contribution is -0.175. The number of alkyl halides is 3. The van der Waals surface area contributed by atoms with E-state index in [9.17, 15) is 22.8 Å². The molecule has 162 valence electrons. The summed E-state index contributed by atoms with van der Waals surface area (Å²) in [4.78, 5) is 28.1. The SMILES string of the molecule is CC(C)(C)OC(=O)NCCC(CC(=O)c1ncccc1C1OCCO1)C(F)(F)F. The molecular weight excluding hydrogens is 393 g/mol. The largest absolute Gasteiger partial charge is 0.444 e. The number of aromatic nitrogens is 1. The summed E-state index contributed by atoms with van der Waals surface area (Å²) in [7, 11) is 0. The Bertz CT molecular complexity index is 713. The van der Waals surface area contributed by atoms with Crippen molar-refractivity contribution in [2.45, 2.75) is 51.7 Å². The molecule has 1 aromatic heterocycles. The molecule has 1 aliphatic heterocycles. The van der Waals surface area contributed by atoms with Crippen LogP contribution in [0.2, 0.25) is 0 Å². The number of halogens is 3. The molecule has 1 unspecified atom stereocenters. The molecule has 0 spiro atoms. The van der Waals surface area contributed by atoms with Gasteiger partial charge >= 0.3 is 12.3 Å². The van der Waals surface area contributed by atoms with Gasteiger partial charge in [0.1, 0.15) is 11.3 Å². The standard InChI is InChI=1S/C19H25F3N2O5/c1-18(2,3)29-17(26)24-8-6-12(19(20,21)22)11-14(25)15-13(5-4-7-23-15)16-27-9-10-28-16/h4-5,7,12,16H,6,8-11H2,1-3H3,(H,24,26). The molecule has 0 radical (unpaired) electrons. The third-order valence-corrected chi connectivity index (χ3v) is 4.03. The van der Waals surface area contributed by atoms with Gasteiger partial charge in [0.15, 0.2) is 12.1 Å². The topological polar surface area (TPSA) is 86.8 Å². The Balaban J connectivity index is 2.02. The number of carbonyl (C=O) groups excluding carboxylic acids is 2. The molecule has 2 rings (SSSR count). The van der Waals surface area contributed by atoms with Gasteiger partial charge in [0.05, 0.1) is 19.1 Å². The van der Waals surface area contributed by atoms with Crippen molar-refractivity contribution < 1.29 is 37.0 Å². The number of carbonyl (C=O) groups is 2. The number of pyridine rings is 1. The van der Waals surface area contributed by atoms with Crippen molar-refractivity contribution in [3.05, 3.63) is 29.6 Å². The van der Waals surface area contributed by atoms with Crippen molar-refractivity contribution in [1.29, 1.82) is 0 Å². The monoisotopic (exact) mass is 418 g/mol. The van der Waals surface area contributed by atoms with Gasteiger partial charge in [-0.1, -0.05) is 6.07 Å². The van der Waals surface area contributed by atoms with Gasteiger partial charge in [-0.25, -0.2) is 4.79 Å². The fourth-order valence-electron chi connectivity index (χ4n) is 2.74. The van der Waals surface area contributed by atoms with Gasteiger partial charge in [0, 0.05) is 24.7 Å². The van der Waals surface area contributed by atoms with Gasteiger partial charge in [-0.3, -0.25) is 9.78 Å². The number of hydrogen-bond acceptors (Lipinski definition) is 6. The highest BCUT2D eigenvalue weighted by molar-refractivity contribution is 5.95. The molecule has 0 saturated carbocycles. The Morgan fingerprint density at radius 1 is 1.28 bits per heavy atom. The van der Waals surface area contributed by atoms with Crippen molar-refractivity contribution in [2.24, 2.45) is 5.92 Å². The van der Waals surface area contributed by atoms with E-state index < -0.39 is 48.7 Å². The lowest BCUT2D eigenvalue weighted by Gasteiger charge is -2.22. The molecule has 1 amide bonds. The van der Waals surface area contributed by atoms with Crippen LogP contribution in [0.1, 0.15) is 56.0 Å². The van der Waals surface area contributed by atoms with Crippen LogP contribution in [0.3, 0.4) is 0 Å². The predicted octanol–water partition coefficient (Wildman–Crippen LogP) is 3.79. The molecule has 1 aliphatic rings. The Morgan fingerprint density at radius 2 is 1.93 bits per heavy atom. The van der Waals surface area contributed by atoms with Gasteiger partial charge in [0.25, 0.3) is 0 Å². The highest BCUT2D eigenvalue weighted by Crippen LogP contribution is 2.33. The quantitative estimate of drug-likeness (QED) is 0.678. The maximum absolute atomic E-state index is 13.4. The minimum atomic E-state index is -4.61. The average molecular weight is 418 g/mol. The second kappa shape index (κ2) is 9.53. The van der Waals surface area contributed by atoms with Crippen LogP contribution in [0.5, 0.6) is 0 Å². The van der Waals surface area contributed by atoms with Crippen molar-refractivity contribution in [3.63, 3.8) is 0 Å². The predicted molar refractivity (Wildman–Crippen MR) is 96.2 cm³/mol. The summed E-state index contributed by atoms with van der Waals surface area (Å²) in [5.41, 5.74) is -0.556. The summed E-state index contributed by atoms with van der Waals surface area (Å²) < 4.78 is 55.9. The van der Waals surface area contributed by atoms with E-state index in [1.54, 1.807) is 32.9 Å². The third-order valence-electron chi connectivity index (χ3n) is 4.03. The Labute approximate surface area is 166 Å². The number of Topliss-reactive ketones (excluding diaryl/α,β-unsaturated/α-hetero) is 1. The molecule has 2 heterocycles. The number of hydrogen-bond donors (Lipinski definition) is 1. The van der Waals surface area contributed by atoms with E-state index in [-0.39, 0.29) is 12.2 Å². The zero-order valence-corrected chi connectivity index (χ0v) is 16.5.